The highest BCUT2D eigenvalue weighted by atomic mass is 16.5. The maximum Gasteiger partial charge on any atom is 0.240 e. The molecule has 0 aromatic heterocycles. The van der Waals surface area contributed by atoms with Gasteiger partial charge in [-0.05, 0) is 6.42 Å². The smallest absolute Gasteiger partial charge is 0.240 e. The van der Waals surface area contributed by atoms with Crippen LogP contribution in [0.4, 0.5) is 0 Å². The van der Waals surface area contributed by atoms with E-state index < -0.39 is 5.92 Å². The fraction of sp³-hybridized carbons (Fsp3) is 0.636. The molecule has 0 radical (unpaired) electrons. The van der Waals surface area contributed by atoms with Gasteiger partial charge >= 0.3 is 0 Å². The number of hydrogen-bond acceptors (Lipinski definition) is 3. The lowest BCUT2D eigenvalue weighted by Crippen LogP contribution is -2.37. The average Bonchev–Trinajstić information content (AvgIpc) is 2.25. The Morgan fingerprint density at radius 1 is 1.73 bits per heavy atom. The molecule has 0 N–H and O–H groups in total. The highest BCUT2D eigenvalue weighted by Gasteiger charge is 2.21. The molecule has 0 aromatic carbocycles. The monoisotopic (exact) mass is 210 g/mol. The van der Waals surface area contributed by atoms with E-state index >= 15 is 0 Å². The van der Waals surface area contributed by atoms with Crippen molar-refractivity contribution >= 4 is 5.91 Å². The molecule has 1 atom stereocenters. The minimum atomic E-state index is -0.554. The normalized spacial score (nSPS) is 11.5. The first-order valence-corrected chi connectivity index (χ1v) is 4.99. The van der Waals surface area contributed by atoms with E-state index in [0.29, 0.717) is 26.1 Å². The second-order valence-electron chi connectivity index (χ2n) is 3.16. The van der Waals surface area contributed by atoms with Gasteiger partial charge in [0.1, 0.15) is 5.92 Å². The molecule has 0 aromatic rings. The number of carbonyl (C=O) groups is 1. The summed E-state index contributed by atoms with van der Waals surface area (Å²) in [7, 11) is 1.58. The zero-order valence-electron chi connectivity index (χ0n) is 9.40. The van der Waals surface area contributed by atoms with Crippen LogP contribution in [0.25, 0.3) is 0 Å². The van der Waals surface area contributed by atoms with E-state index in [2.05, 4.69) is 6.58 Å². The van der Waals surface area contributed by atoms with Gasteiger partial charge < -0.3 is 9.64 Å². The van der Waals surface area contributed by atoms with E-state index in [1.807, 2.05) is 13.0 Å². The average molecular weight is 210 g/mol. The molecule has 0 aliphatic heterocycles. The van der Waals surface area contributed by atoms with Crippen LogP contribution in [0.2, 0.25) is 0 Å². The SMILES string of the molecule is C=CCN(CCOC)C(=O)C(C#N)CC. The van der Waals surface area contributed by atoms with Gasteiger partial charge in [-0.2, -0.15) is 5.26 Å². The highest BCUT2D eigenvalue weighted by Crippen LogP contribution is 2.06. The molecule has 0 bridgehead atoms. The fourth-order valence-electron chi connectivity index (χ4n) is 1.19. The van der Waals surface area contributed by atoms with Crippen LogP contribution < -0.4 is 0 Å². The van der Waals surface area contributed by atoms with E-state index in [0.717, 1.165) is 0 Å². The molecule has 0 saturated heterocycles. The van der Waals surface area contributed by atoms with Gasteiger partial charge in [-0.3, -0.25) is 4.79 Å². The summed E-state index contributed by atoms with van der Waals surface area (Å²) < 4.78 is 4.90. The summed E-state index contributed by atoms with van der Waals surface area (Å²) in [5.41, 5.74) is 0. The van der Waals surface area contributed by atoms with Gasteiger partial charge in [-0.1, -0.05) is 13.0 Å². The maximum absolute atomic E-state index is 11.8. The number of nitrogens with zero attached hydrogens (tertiary/aromatic N) is 2. The van der Waals surface area contributed by atoms with E-state index in [1.165, 1.54) is 0 Å². The zero-order valence-corrected chi connectivity index (χ0v) is 9.40. The summed E-state index contributed by atoms with van der Waals surface area (Å²) in [5.74, 6) is -0.696. The van der Waals surface area contributed by atoms with Crippen LogP contribution in [0, 0.1) is 17.2 Å². The van der Waals surface area contributed by atoms with Gasteiger partial charge in [0, 0.05) is 20.2 Å². The number of hydrogen-bond donors (Lipinski definition) is 0. The van der Waals surface area contributed by atoms with Crippen molar-refractivity contribution in [3.8, 4) is 6.07 Å². The lowest BCUT2D eigenvalue weighted by atomic mass is 10.1. The topological polar surface area (TPSA) is 53.3 Å². The third-order valence-electron chi connectivity index (χ3n) is 2.09. The Hall–Kier alpha value is -1.34. The first kappa shape index (κ1) is 13.7. The van der Waals surface area contributed by atoms with Crippen LogP contribution in [0.1, 0.15) is 13.3 Å². The van der Waals surface area contributed by atoms with Crippen molar-refractivity contribution in [1.29, 1.82) is 5.26 Å². The number of nitriles is 1. The molecule has 1 amide bonds. The van der Waals surface area contributed by atoms with Gasteiger partial charge in [0.25, 0.3) is 0 Å². The molecule has 0 aliphatic carbocycles. The zero-order chi connectivity index (χ0) is 11.7. The summed E-state index contributed by atoms with van der Waals surface area (Å²) in [6.07, 6.45) is 2.19. The Morgan fingerprint density at radius 2 is 2.40 bits per heavy atom. The molecule has 1 unspecified atom stereocenters. The molecule has 0 rings (SSSR count). The van der Waals surface area contributed by atoms with E-state index in [9.17, 15) is 4.79 Å². The van der Waals surface area contributed by atoms with Gasteiger partial charge in [-0.15, -0.1) is 6.58 Å². The minimum Gasteiger partial charge on any atom is -0.383 e. The molecule has 0 saturated carbocycles. The summed E-state index contributed by atoms with van der Waals surface area (Å²) >= 11 is 0. The molecular weight excluding hydrogens is 192 g/mol. The largest absolute Gasteiger partial charge is 0.383 e. The predicted molar refractivity (Wildman–Crippen MR) is 58.0 cm³/mol. The van der Waals surface area contributed by atoms with E-state index in [1.54, 1.807) is 18.1 Å². The molecule has 4 heteroatoms. The van der Waals surface area contributed by atoms with Crippen LogP contribution in [0.15, 0.2) is 12.7 Å². The Balaban J connectivity index is 4.39. The van der Waals surface area contributed by atoms with E-state index in [4.69, 9.17) is 10.00 Å². The van der Waals surface area contributed by atoms with Gasteiger partial charge in [-0.25, -0.2) is 0 Å². The molecule has 4 nitrogen and oxygen atoms in total. The lowest BCUT2D eigenvalue weighted by Gasteiger charge is -2.22. The van der Waals surface area contributed by atoms with Crippen molar-refractivity contribution < 1.29 is 9.53 Å². The van der Waals surface area contributed by atoms with Gasteiger partial charge in [0.15, 0.2) is 0 Å². The molecule has 15 heavy (non-hydrogen) atoms. The summed E-state index contributed by atoms with van der Waals surface area (Å²) in [5, 5.41) is 8.78. The molecule has 0 heterocycles. The third-order valence-corrected chi connectivity index (χ3v) is 2.09. The Bertz CT molecular complexity index is 245. The van der Waals surface area contributed by atoms with Crippen LogP contribution >= 0.6 is 0 Å². The number of amides is 1. The Morgan fingerprint density at radius 3 is 2.80 bits per heavy atom. The number of carbonyl (C=O) groups excluding carboxylic acids is 1. The second-order valence-corrected chi connectivity index (χ2v) is 3.16. The Kier molecular flexibility index (Phi) is 7.29. The van der Waals surface area contributed by atoms with Gasteiger partial charge in [0.05, 0.1) is 12.7 Å². The van der Waals surface area contributed by atoms with Crippen molar-refractivity contribution in [2.45, 2.75) is 13.3 Å². The van der Waals surface area contributed by atoms with Crippen LogP contribution in [0.5, 0.6) is 0 Å². The molecule has 0 fully saturated rings. The van der Waals surface area contributed by atoms with E-state index in [-0.39, 0.29) is 5.91 Å². The van der Waals surface area contributed by atoms with Gasteiger partial charge in [0.2, 0.25) is 5.91 Å². The summed E-state index contributed by atoms with van der Waals surface area (Å²) in [6.45, 7) is 6.84. The van der Waals surface area contributed by atoms with Crippen molar-refractivity contribution in [3.63, 3.8) is 0 Å². The molecule has 84 valence electrons. The van der Waals surface area contributed by atoms with Crippen molar-refractivity contribution in [2.24, 2.45) is 5.92 Å². The van der Waals surface area contributed by atoms with Crippen LogP contribution in [-0.2, 0) is 9.53 Å². The van der Waals surface area contributed by atoms with Crippen LogP contribution in [-0.4, -0.2) is 37.6 Å². The minimum absolute atomic E-state index is 0.142. The number of rotatable bonds is 7. The first-order chi connectivity index (χ1) is 7.21. The molecule has 0 spiro atoms. The van der Waals surface area contributed by atoms with Crippen LogP contribution in [0.3, 0.4) is 0 Å². The highest BCUT2D eigenvalue weighted by molar-refractivity contribution is 5.81. The maximum atomic E-state index is 11.8. The number of methoxy groups -OCH3 is 1. The lowest BCUT2D eigenvalue weighted by molar-refractivity contribution is -0.133. The predicted octanol–water partition coefficient (Wildman–Crippen LogP) is 1.20. The summed E-state index contributed by atoms with van der Waals surface area (Å²) in [6, 6.07) is 2.00. The second kappa shape index (κ2) is 8.01. The summed E-state index contributed by atoms with van der Waals surface area (Å²) in [4.78, 5) is 13.4. The standard InChI is InChI=1S/C11H18N2O2/c1-4-6-13(7-8-15-3)11(14)10(5-2)9-12/h4,10H,1,5-8H2,2-3H3. The quantitative estimate of drug-likeness (QED) is 0.593. The fourth-order valence-corrected chi connectivity index (χ4v) is 1.19. The molecular formula is C11H18N2O2. The Labute approximate surface area is 91.1 Å². The first-order valence-electron chi connectivity index (χ1n) is 4.99. The third kappa shape index (κ3) is 4.61. The molecule has 0 aliphatic rings. The van der Waals surface area contributed by atoms with Crippen molar-refractivity contribution in [3.05, 3.63) is 12.7 Å². The van der Waals surface area contributed by atoms with Crippen molar-refractivity contribution in [2.75, 3.05) is 26.8 Å². The number of ether oxygens (including phenoxy) is 1. The van der Waals surface area contributed by atoms with Crippen molar-refractivity contribution in [1.82, 2.24) is 4.90 Å².